The van der Waals surface area contributed by atoms with Gasteiger partial charge in [0.15, 0.2) is 0 Å². The maximum Gasteiger partial charge on any atom is 0.132 e. The molecule has 0 bridgehead atoms. The Morgan fingerprint density at radius 1 is 1.14 bits per heavy atom. The lowest BCUT2D eigenvalue weighted by Crippen LogP contribution is -2.22. The Balaban J connectivity index is 2.26. The van der Waals surface area contributed by atoms with E-state index < -0.39 is 0 Å². The molecule has 0 saturated carbocycles. The average Bonchev–Trinajstić information content (AvgIpc) is 2.48. The van der Waals surface area contributed by atoms with Crippen LogP contribution in [0.15, 0.2) is 52.3 Å². The summed E-state index contributed by atoms with van der Waals surface area (Å²) < 4.78 is 5.42. The summed E-state index contributed by atoms with van der Waals surface area (Å²) in [6, 6.07) is 14.5. The summed E-state index contributed by atoms with van der Waals surface area (Å²) in [5.41, 5.74) is 1.20. The molecule has 0 amide bonds. The SMILES string of the molecule is COc1ccccc1Sc1ccc(Cl)cc1CNC(C)C. The van der Waals surface area contributed by atoms with Crippen LogP contribution >= 0.6 is 23.4 Å². The molecule has 0 aliphatic rings. The molecule has 0 atom stereocenters. The van der Waals surface area contributed by atoms with Crippen molar-refractivity contribution in [2.24, 2.45) is 0 Å². The Labute approximate surface area is 135 Å². The number of halogens is 1. The van der Waals surface area contributed by atoms with Crippen molar-refractivity contribution in [1.82, 2.24) is 5.32 Å². The minimum absolute atomic E-state index is 0.438. The van der Waals surface area contributed by atoms with Crippen molar-refractivity contribution in [3.05, 3.63) is 53.1 Å². The molecular formula is C17H20ClNOS. The quantitative estimate of drug-likeness (QED) is 0.809. The third kappa shape index (κ3) is 4.67. The van der Waals surface area contributed by atoms with E-state index in [1.807, 2.05) is 30.3 Å². The van der Waals surface area contributed by atoms with Crippen LogP contribution in [-0.4, -0.2) is 13.2 Å². The maximum atomic E-state index is 6.13. The van der Waals surface area contributed by atoms with Crippen molar-refractivity contribution in [3.8, 4) is 5.75 Å². The predicted octanol–water partition coefficient (Wildman–Crippen LogP) is 5.00. The first-order valence-corrected chi connectivity index (χ1v) is 8.12. The van der Waals surface area contributed by atoms with Crippen molar-refractivity contribution in [3.63, 3.8) is 0 Å². The minimum Gasteiger partial charge on any atom is -0.496 e. The summed E-state index contributed by atoms with van der Waals surface area (Å²) in [4.78, 5) is 2.30. The second-order valence-corrected chi connectivity index (χ2v) is 6.56. The molecule has 0 spiro atoms. The van der Waals surface area contributed by atoms with E-state index in [1.54, 1.807) is 18.9 Å². The third-order valence-corrected chi connectivity index (χ3v) is 4.42. The van der Waals surface area contributed by atoms with Crippen LogP contribution in [0.25, 0.3) is 0 Å². The summed E-state index contributed by atoms with van der Waals surface area (Å²) in [5.74, 6) is 0.889. The van der Waals surface area contributed by atoms with Crippen molar-refractivity contribution in [2.45, 2.75) is 36.2 Å². The van der Waals surface area contributed by atoms with E-state index in [1.165, 1.54) is 10.5 Å². The molecular weight excluding hydrogens is 302 g/mol. The first-order valence-electron chi connectivity index (χ1n) is 6.93. The van der Waals surface area contributed by atoms with Gasteiger partial charge in [0.1, 0.15) is 5.75 Å². The summed E-state index contributed by atoms with van der Waals surface area (Å²) in [6.45, 7) is 5.07. The van der Waals surface area contributed by atoms with Gasteiger partial charge in [-0.25, -0.2) is 0 Å². The van der Waals surface area contributed by atoms with Gasteiger partial charge in [0.2, 0.25) is 0 Å². The molecule has 0 unspecified atom stereocenters. The highest BCUT2D eigenvalue weighted by Gasteiger charge is 2.09. The van der Waals surface area contributed by atoms with Crippen LogP contribution < -0.4 is 10.1 Å². The zero-order valence-corrected chi connectivity index (χ0v) is 14.1. The Hall–Kier alpha value is -1.16. The van der Waals surface area contributed by atoms with E-state index in [2.05, 4.69) is 31.3 Å². The largest absolute Gasteiger partial charge is 0.496 e. The number of ether oxygens (including phenoxy) is 1. The van der Waals surface area contributed by atoms with Crippen molar-refractivity contribution in [1.29, 1.82) is 0 Å². The first kappa shape index (κ1) is 16.2. The predicted molar refractivity (Wildman–Crippen MR) is 90.5 cm³/mol. The lowest BCUT2D eigenvalue weighted by atomic mass is 10.2. The van der Waals surface area contributed by atoms with Crippen molar-refractivity contribution >= 4 is 23.4 Å². The molecule has 0 aliphatic carbocycles. The molecule has 2 aromatic rings. The number of nitrogens with one attached hydrogen (secondary N) is 1. The van der Waals surface area contributed by atoms with Gasteiger partial charge in [0.05, 0.1) is 12.0 Å². The normalized spacial score (nSPS) is 10.9. The maximum absolute atomic E-state index is 6.13. The molecule has 112 valence electrons. The van der Waals surface area contributed by atoms with Crippen LogP contribution in [0.5, 0.6) is 5.75 Å². The van der Waals surface area contributed by atoms with Crippen LogP contribution in [0.4, 0.5) is 0 Å². The summed E-state index contributed by atoms with van der Waals surface area (Å²) in [7, 11) is 1.70. The Morgan fingerprint density at radius 3 is 2.62 bits per heavy atom. The molecule has 0 radical (unpaired) electrons. The highest BCUT2D eigenvalue weighted by Crippen LogP contribution is 2.37. The number of rotatable bonds is 6. The Bertz CT molecular complexity index is 601. The average molecular weight is 322 g/mol. The Morgan fingerprint density at radius 2 is 1.90 bits per heavy atom. The molecule has 0 heterocycles. The molecule has 0 aliphatic heterocycles. The second-order valence-electron chi connectivity index (χ2n) is 5.04. The summed E-state index contributed by atoms with van der Waals surface area (Å²) in [6.07, 6.45) is 0. The third-order valence-electron chi connectivity index (χ3n) is 3.01. The highest BCUT2D eigenvalue weighted by atomic mass is 35.5. The molecule has 0 aromatic heterocycles. The number of benzene rings is 2. The zero-order valence-electron chi connectivity index (χ0n) is 12.5. The zero-order chi connectivity index (χ0) is 15.2. The molecule has 0 fully saturated rings. The topological polar surface area (TPSA) is 21.3 Å². The molecule has 2 aromatic carbocycles. The van der Waals surface area contributed by atoms with E-state index >= 15 is 0 Å². The van der Waals surface area contributed by atoms with E-state index in [-0.39, 0.29) is 0 Å². The van der Waals surface area contributed by atoms with E-state index in [0.29, 0.717) is 6.04 Å². The fraction of sp³-hybridized carbons (Fsp3) is 0.294. The highest BCUT2D eigenvalue weighted by molar-refractivity contribution is 7.99. The standard InChI is InChI=1S/C17H20ClNOS/c1-12(2)19-11-13-10-14(18)8-9-16(13)21-17-7-5-4-6-15(17)20-3/h4-10,12,19H,11H2,1-3H3. The summed E-state index contributed by atoms with van der Waals surface area (Å²) >= 11 is 7.83. The van der Waals surface area contributed by atoms with Gasteiger partial charge in [0.25, 0.3) is 0 Å². The number of para-hydroxylation sites is 1. The van der Waals surface area contributed by atoms with Gasteiger partial charge < -0.3 is 10.1 Å². The van der Waals surface area contributed by atoms with Gasteiger partial charge >= 0.3 is 0 Å². The fourth-order valence-electron chi connectivity index (χ4n) is 1.92. The smallest absolute Gasteiger partial charge is 0.132 e. The minimum atomic E-state index is 0.438. The van der Waals surface area contributed by atoms with Gasteiger partial charge in [-0.15, -0.1) is 0 Å². The van der Waals surface area contributed by atoms with Gasteiger partial charge in [0, 0.05) is 22.5 Å². The fourth-order valence-corrected chi connectivity index (χ4v) is 3.15. The number of hydrogen-bond acceptors (Lipinski definition) is 3. The van der Waals surface area contributed by atoms with Gasteiger partial charge in [-0.05, 0) is 35.9 Å². The molecule has 4 heteroatoms. The lowest BCUT2D eigenvalue weighted by Gasteiger charge is -2.14. The van der Waals surface area contributed by atoms with Gasteiger partial charge in [-0.1, -0.05) is 49.3 Å². The lowest BCUT2D eigenvalue weighted by molar-refractivity contribution is 0.405. The number of hydrogen-bond donors (Lipinski definition) is 1. The van der Waals surface area contributed by atoms with Crippen LogP contribution in [0.3, 0.4) is 0 Å². The Kier molecular flexibility index (Phi) is 5.97. The van der Waals surface area contributed by atoms with Crippen LogP contribution in [0, 0.1) is 0 Å². The van der Waals surface area contributed by atoms with E-state index in [9.17, 15) is 0 Å². The van der Waals surface area contributed by atoms with Crippen molar-refractivity contribution in [2.75, 3.05) is 7.11 Å². The van der Waals surface area contributed by atoms with Gasteiger partial charge in [-0.2, -0.15) is 0 Å². The van der Waals surface area contributed by atoms with Crippen LogP contribution in [-0.2, 0) is 6.54 Å². The molecule has 2 rings (SSSR count). The number of methoxy groups -OCH3 is 1. The molecule has 1 N–H and O–H groups in total. The van der Waals surface area contributed by atoms with E-state index in [4.69, 9.17) is 16.3 Å². The van der Waals surface area contributed by atoms with E-state index in [0.717, 1.165) is 22.2 Å². The van der Waals surface area contributed by atoms with Gasteiger partial charge in [-0.3, -0.25) is 0 Å². The molecule has 21 heavy (non-hydrogen) atoms. The van der Waals surface area contributed by atoms with Crippen molar-refractivity contribution < 1.29 is 4.74 Å². The monoisotopic (exact) mass is 321 g/mol. The second kappa shape index (κ2) is 7.74. The van der Waals surface area contributed by atoms with Crippen LogP contribution in [0.2, 0.25) is 5.02 Å². The van der Waals surface area contributed by atoms with Crippen LogP contribution in [0.1, 0.15) is 19.4 Å². The molecule has 2 nitrogen and oxygen atoms in total. The molecule has 0 saturated heterocycles. The summed E-state index contributed by atoms with van der Waals surface area (Å²) in [5, 5.41) is 4.20. The first-order chi connectivity index (χ1) is 10.1.